The third-order valence-corrected chi connectivity index (χ3v) is 4.53. The van der Waals surface area contributed by atoms with Crippen molar-refractivity contribution in [3.05, 3.63) is 0 Å². The van der Waals surface area contributed by atoms with Crippen molar-refractivity contribution in [1.82, 2.24) is 15.1 Å². The number of guanidine groups is 1. The maximum atomic E-state index is 11.1. The number of carbonyl (C=O) groups excluding carboxylic acids is 1. The minimum absolute atomic E-state index is 0. The van der Waals surface area contributed by atoms with E-state index in [0.717, 1.165) is 51.4 Å². The third kappa shape index (κ3) is 10.2. The number of likely N-dealkylation sites (tertiary alicyclic amines) is 1. The fraction of sp³-hybridized carbons (Fsp3) is 0.889. The number of nitrogens with zero attached hydrogens (tertiary/aromatic N) is 3. The molecule has 1 fully saturated rings. The number of aliphatic imine (C=N–C) groups is 1. The summed E-state index contributed by atoms with van der Waals surface area (Å²) in [5.74, 6) is 1.12. The van der Waals surface area contributed by atoms with Crippen molar-refractivity contribution in [3.8, 4) is 0 Å². The Hall–Kier alpha value is -0.570. The number of hydrogen-bond donors (Lipinski definition) is 2. The number of nitrogens with one attached hydrogen (secondary N) is 1. The summed E-state index contributed by atoms with van der Waals surface area (Å²) in [5.41, 5.74) is 5.35. The van der Waals surface area contributed by atoms with Crippen molar-refractivity contribution in [2.45, 2.75) is 52.4 Å². The Morgan fingerprint density at radius 1 is 1.28 bits per heavy atom. The van der Waals surface area contributed by atoms with Gasteiger partial charge in [0, 0.05) is 33.1 Å². The van der Waals surface area contributed by atoms with Crippen LogP contribution < -0.4 is 11.1 Å². The lowest BCUT2D eigenvalue weighted by Gasteiger charge is -2.34. The summed E-state index contributed by atoms with van der Waals surface area (Å²) < 4.78 is 0. The average Bonchev–Trinajstić information content (AvgIpc) is 2.55. The molecular formula is C18H38IN5O. The number of primary amides is 1. The first-order valence-electron chi connectivity index (χ1n) is 9.56. The molecule has 0 aromatic rings. The maximum Gasteiger partial charge on any atom is 0.217 e. The highest BCUT2D eigenvalue weighted by atomic mass is 127. The molecule has 1 heterocycles. The SMILES string of the molecule is CCCN(CCC)CCCNC(=NC)N1CCCC(CC(N)=O)C1.I. The summed E-state index contributed by atoms with van der Waals surface area (Å²) in [7, 11) is 1.83. The van der Waals surface area contributed by atoms with Gasteiger partial charge in [-0.15, -0.1) is 24.0 Å². The summed E-state index contributed by atoms with van der Waals surface area (Å²) in [6.45, 7) is 10.8. The van der Waals surface area contributed by atoms with Gasteiger partial charge in [-0.1, -0.05) is 13.8 Å². The van der Waals surface area contributed by atoms with E-state index >= 15 is 0 Å². The molecule has 148 valence electrons. The van der Waals surface area contributed by atoms with Crippen LogP contribution in [-0.4, -0.2) is 68.0 Å². The number of rotatable bonds is 10. The van der Waals surface area contributed by atoms with Crippen molar-refractivity contribution in [2.75, 3.05) is 46.3 Å². The molecule has 7 heteroatoms. The molecule has 1 amide bonds. The molecule has 6 nitrogen and oxygen atoms in total. The summed E-state index contributed by atoms with van der Waals surface area (Å²) in [6, 6.07) is 0. The smallest absolute Gasteiger partial charge is 0.217 e. The fourth-order valence-corrected chi connectivity index (χ4v) is 3.51. The molecule has 0 aromatic heterocycles. The van der Waals surface area contributed by atoms with E-state index in [1.165, 1.54) is 25.9 Å². The molecular weight excluding hydrogens is 429 g/mol. The van der Waals surface area contributed by atoms with Crippen LogP contribution in [0, 0.1) is 5.92 Å². The minimum atomic E-state index is -0.197. The zero-order chi connectivity index (χ0) is 17.8. The Morgan fingerprint density at radius 3 is 2.52 bits per heavy atom. The zero-order valence-electron chi connectivity index (χ0n) is 16.3. The summed E-state index contributed by atoms with van der Waals surface area (Å²) in [5, 5.41) is 3.49. The number of amides is 1. The Morgan fingerprint density at radius 2 is 1.96 bits per heavy atom. The molecule has 0 spiro atoms. The van der Waals surface area contributed by atoms with Crippen LogP contribution >= 0.6 is 24.0 Å². The second kappa shape index (κ2) is 14.6. The van der Waals surface area contributed by atoms with E-state index in [4.69, 9.17) is 5.73 Å². The number of carbonyl (C=O) groups is 1. The molecule has 1 atom stereocenters. The van der Waals surface area contributed by atoms with E-state index in [1.54, 1.807) is 0 Å². The zero-order valence-corrected chi connectivity index (χ0v) is 18.6. The summed E-state index contributed by atoms with van der Waals surface area (Å²) in [4.78, 5) is 20.4. The van der Waals surface area contributed by atoms with Crippen LogP contribution in [0.5, 0.6) is 0 Å². The van der Waals surface area contributed by atoms with Gasteiger partial charge in [-0.3, -0.25) is 9.79 Å². The highest BCUT2D eigenvalue weighted by Gasteiger charge is 2.23. The first-order chi connectivity index (χ1) is 11.6. The van der Waals surface area contributed by atoms with Gasteiger partial charge in [-0.05, 0) is 57.7 Å². The van der Waals surface area contributed by atoms with Gasteiger partial charge in [-0.2, -0.15) is 0 Å². The Labute approximate surface area is 171 Å². The van der Waals surface area contributed by atoms with Gasteiger partial charge in [0.2, 0.25) is 5.91 Å². The molecule has 1 aliphatic rings. The maximum absolute atomic E-state index is 11.1. The lowest BCUT2D eigenvalue weighted by Crippen LogP contribution is -2.47. The van der Waals surface area contributed by atoms with Crippen LogP contribution in [0.25, 0.3) is 0 Å². The van der Waals surface area contributed by atoms with Crippen molar-refractivity contribution < 1.29 is 4.79 Å². The molecule has 1 rings (SSSR count). The van der Waals surface area contributed by atoms with E-state index in [-0.39, 0.29) is 29.9 Å². The van der Waals surface area contributed by atoms with Gasteiger partial charge in [0.05, 0.1) is 0 Å². The highest BCUT2D eigenvalue weighted by Crippen LogP contribution is 2.19. The number of halogens is 1. The van der Waals surface area contributed by atoms with Gasteiger partial charge in [-0.25, -0.2) is 0 Å². The lowest BCUT2D eigenvalue weighted by atomic mass is 9.95. The van der Waals surface area contributed by atoms with Crippen LogP contribution in [0.1, 0.15) is 52.4 Å². The van der Waals surface area contributed by atoms with E-state index in [9.17, 15) is 4.79 Å². The Kier molecular flexibility index (Phi) is 14.3. The van der Waals surface area contributed by atoms with Crippen molar-refractivity contribution in [1.29, 1.82) is 0 Å². The number of piperidine rings is 1. The highest BCUT2D eigenvalue weighted by molar-refractivity contribution is 14.0. The molecule has 0 bridgehead atoms. The molecule has 25 heavy (non-hydrogen) atoms. The predicted octanol–water partition coefficient (Wildman–Crippen LogP) is 2.28. The first-order valence-corrected chi connectivity index (χ1v) is 9.56. The van der Waals surface area contributed by atoms with Crippen LogP contribution in [0.2, 0.25) is 0 Å². The van der Waals surface area contributed by atoms with Crippen LogP contribution in [0.4, 0.5) is 0 Å². The molecule has 3 N–H and O–H groups in total. The second-order valence-corrected chi connectivity index (χ2v) is 6.79. The molecule has 0 radical (unpaired) electrons. The van der Waals surface area contributed by atoms with Gasteiger partial charge < -0.3 is 20.9 Å². The van der Waals surface area contributed by atoms with E-state index in [1.807, 2.05) is 7.05 Å². The monoisotopic (exact) mass is 467 g/mol. The fourth-order valence-electron chi connectivity index (χ4n) is 3.51. The topological polar surface area (TPSA) is 74.0 Å². The van der Waals surface area contributed by atoms with Crippen molar-refractivity contribution in [2.24, 2.45) is 16.6 Å². The molecule has 1 aliphatic heterocycles. The standard InChI is InChI=1S/C18H37N5O.HI/c1-4-10-22(11-5-2)12-7-9-21-18(20-3)23-13-6-8-16(15-23)14-17(19)24;/h16H,4-15H2,1-3H3,(H2,19,24)(H,20,21);1H. The van der Waals surface area contributed by atoms with Gasteiger partial charge in [0.25, 0.3) is 0 Å². The predicted molar refractivity (Wildman–Crippen MR) is 117 cm³/mol. The van der Waals surface area contributed by atoms with E-state index in [2.05, 4.69) is 34.0 Å². The number of nitrogens with two attached hydrogens (primary N) is 1. The Bertz CT molecular complexity index is 386. The molecule has 0 aliphatic carbocycles. The Balaban J connectivity index is 0.00000576. The lowest BCUT2D eigenvalue weighted by molar-refractivity contribution is -0.119. The van der Waals surface area contributed by atoms with Crippen LogP contribution in [0.15, 0.2) is 4.99 Å². The first kappa shape index (κ1) is 24.4. The minimum Gasteiger partial charge on any atom is -0.370 e. The van der Waals surface area contributed by atoms with Crippen LogP contribution in [-0.2, 0) is 4.79 Å². The van der Waals surface area contributed by atoms with Crippen LogP contribution in [0.3, 0.4) is 0 Å². The third-order valence-electron chi connectivity index (χ3n) is 4.53. The molecule has 0 aromatic carbocycles. The largest absolute Gasteiger partial charge is 0.370 e. The van der Waals surface area contributed by atoms with Crippen molar-refractivity contribution in [3.63, 3.8) is 0 Å². The van der Waals surface area contributed by atoms with Crippen molar-refractivity contribution >= 4 is 35.8 Å². The van der Waals surface area contributed by atoms with E-state index in [0.29, 0.717) is 12.3 Å². The summed E-state index contributed by atoms with van der Waals surface area (Å²) in [6.07, 6.45) is 6.21. The average molecular weight is 467 g/mol. The van der Waals surface area contributed by atoms with Gasteiger partial charge >= 0.3 is 0 Å². The second-order valence-electron chi connectivity index (χ2n) is 6.79. The molecule has 0 saturated carbocycles. The number of hydrogen-bond acceptors (Lipinski definition) is 3. The normalized spacial score (nSPS) is 18.2. The molecule has 1 saturated heterocycles. The van der Waals surface area contributed by atoms with Gasteiger partial charge in [0.1, 0.15) is 0 Å². The molecule has 1 unspecified atom stereocenters. The van der Waals surface area contributed by atoms with Gasteiger partial charge in [0.15, 0.2) is 5.96 Å². The quantitative estimate of drug-likeness (QED) is 0.224. The summed E-state index contributed by atoms with van der Waals surface area (Å²) >= 11 is 0. The van der Waals surface area contributed by atoms with E-state index < -0.39 is 0 Å².